The molecule has 0 aromatic heterocycles. The summed E-state index contributed by atoms with van der Waals surface area (Å²) in [5, 5.41) is 0. The van der Waals surface area contributed by atoms with Crippen LogP contribution in [-0.2, 0) is 4.74 Å². The van der Waals surface area contributed by atoms with Crippen LogP contribution in [0, 0.1) is 11.3 Å². The molecule has 1 aliphatic heterocycles. The Morgan fingerprint density at radius 1 is 1.00 bits per heavy atom. The highest BCUT2D eigenvalue weighted by Gasteiger charge is 2.32. The third kappa shape index (κ3) is 5.64. The smallest absolute Gasteiger partial charge is 0.286 e. The van der Waals surface area contributed by atoms with Gasteiger partial charge in [-0.05, 0) is 42.0 Å². The zero-order chi connectivity index (χ0) is 17.7. The molecule has 2 aromatic rings. The van der Waals surface area contributed by atoms with Crippen molar-refractivity contribution in [3.05, 3.63) is 72.7 Å². The maximum absolute atomic E-state index is 6.04. The second kappa shape index (κ2) is 7.75. The minimum Gasteiger partial charge on any atom is -0.426 e. The standard InChI is InChI=1S/C22H26O3/c1-22(2,3)17(14-20-16-23-20)15-21(24-18-10-6-4-7-11-18)25-19-12-8-5-9-13-19/h4-13,15,17,20H,14,16H2,1-3H3. The zero-order valence-electron chi connectivity index (χ0n) is 15.1. The summed E-state index contributed by atoms with van der Waals surface area (Å²) in [4.78, 5) is 0. The molecule has 132 valence electrons. The fraction of sp³-hybridized carbons (Fsp3) is 0.364. The van der Waals surface area contributed by atoms with Gasteiger partial charge in [0.05, 0.1) is 12.7 Å². The lowest BCUT2D eigenvalue weighted by Crippen LogP contribution is -2.22. The van der Waals surface area contributed by atoms with Crippen molar-refractivity contribution < 1.29 is 14.2 Å². The van der Waals surface area contributed by atoms with Gasteiger partial charge >= 0.3 is 0 Å². The summed E-state index contributed by atoms with van der Waals surface area (Å²) in [7, 11) is 0. The van der Waals surface area contributed by atoms with Crippen LogP contribution in [-0.4, -0.2) is 12.7 Å². The summed E-state index contributed by atoms with van der Waals surface area (Å²) >= 11 is 0. The van der Waals surface area contributed by atoms with Crippen LogP contribution in [0.2, 0.25) is 0 Å². The van der Waals surface area contributed by atoms with E-state index in [1.807, 2.05) is 60.7 Å². The summed E-state index contributed by atoms with van der Waals surface area (Å²) in [5.74, 6) is 2.33. The predicted octanol–water partition coefficient (Wildman–Crippen LogP) is 5.44. The Morgan fingerprint density at radius 3 is 1.88 bits per heavy atom. The van der Waals surface area contributed by atoms with E-state index in [4.69, 9.17) is 14.2 Å². The quantitative estimate of drug-likeness (QED) is 0.498. The van der Waals surface area contributed by atoms with Gasteiger partial charge in [-0.1, -0.05) is 57.2 Å². The average molecular weight is 338 g/mol. The maximum Gasteiger partial charge on any atom is 0.286 e. The van der Waals surface area contributed by atoms with E-state index in [2.05, 4.69) is 26.8 Å². The maximum atomic E-state index is 6.04. The van der Waals surface area contributed by atoms with Crippen molar-refractivity contribution in [1.82, 2.24) is 0 Å². The summed E-state index contributed by atoms with van der Waals surface area (Å²) in [6, 6.07) is 19.5. The first-order chi connectivity index (χ1) is 12.0. The van der Waals surface area contributed by atoms with Gasteiger partial charge in [0.1, 0.15) is 11.5 Å². The van der Waals surface area contributed by atoms with E-state index in [1.54, 1.807) is 0 Å². The van der Waals surface area contributed by atoms with Gasteiger partial charge in [0.25, 0.3) is 5.95 Å². The van der Waals surface area contributed by atoms with Crippen molar-refractivity contribution in [3.63, 3.8) is 0 Å². The molecule has 0 N–H and O–H groups in total. The topological polar surface area (TPSA) is 31.0 Å². The Balaban J connectivity index is 1.84. The first-order valence-corrected chi connectivity index (χ1v) is 8.80. The van der Waals surface area contributed by atoms with Crippen molar-refractivity contribution in [2.75, 3.05) is 6.61 Å². The molecule has 2 unspecified atom stereocenters. The minimum atomic E-state index is 0.0945. The monoisotopic (exact) mass is 338 g/mol. The highest BCUT2D eigenvalue weighted by molar-refractivity contribution is 5.26. The van der Waals surface area contributed by atoms with Gasteiger partial charge in [-0.2, -0.15) is 0 Å². The van der Waals surface area contributed by atoms with E-state index in [0.29, 0.717) is 18.0 Å². The Labute approximate surface area is 150 Å². The lowest BCUT2D eigenvalue weighted by atomic mass is 9.78. The Hall–Kier alpha value is -2.26. The summed E-state index contributed by atoms with van der Waals surface area (Å²) in [5.41, 5.74) is 0.0945. The number of rotatable bonds is 7. The molecule has 0 bridgehead atoms. The van der Waals surface area contributed by atoms with Crippen LogP contribution < -0.4 is 9.47 Å². The second-order valence-electron chi connectivity index (χ2n) is 7.48. The number of hydrogen-bond acceptors (Lipinski definition) is 3. The highest BCUT2D eigenvalue weighted by atomic mass is 16.7. The van der Waals surface area contributed by atoms with Gasteiger partial charge in [0.15, 0.2) is 0 Å². The van der Waals surface area contributed by atoms with Crippen molar-refractivity contribution >= 4 is 0 Å². The minimum absolute atomic E-state index is 0.0945. The van der Waals surface area contributed by atoms with Crippen LogP contribution in [0.4, 0.5) is 0 Å². The Kier molecular flexibility index (Phi) is 5.44. The van der Waals surface area contributed by atoms with E-state index < -0.39 is 0 Å². The van der Waals surface area contributed by atoms with Gasteiger partial charge in [-0.3, -0.25) is 0 Å². The zero-order valence-corrected chi connectivity index (χ0v) is 15.1. The van der Waals surface area contributed by atoms with Gasteiger partial charge in [-0.25, -0.2) is 0 Å². The van der Waals surface area contributed by atoms with E-state index in [0.717, 1.165) is 24.5 Å². The van der Waals surface area contributed by atoms with Crippen molar-refractivity contribution in [1.29, 1.82) is 0 Å². The molecule has 0 amide bonds. The molecule has 3 nitrogen and oxygen atoms in total. The fourth-order valence-corrected chi connectivity index (χ4v) is 2.62. The van der Waals surface area contributed by atoms with Crippen LogP contribution in [0.15, 0.2) is 72.7 Å². The van der Waals surface area contributed by atoms with Crippen LogP contribution in [0.5, 0.6) is 11.5 Å². The first kappa shape index (κ1) is 17.6. The number of hydrogen-bond donors (Lipinski definition) is 0. The van der Waals surface area contributed by atoms with Crippen molar-refractivity contribution in [2.24, 2.45) is 11.3 Å². The normalized spacial score (nSPS) is 17.5. The van der Waals surface area contributed by atoms with Crippen LogP contribution in [0.1, 0.15) is 27.2 Å². The molecule has 1 fully saturated rings. The molecule has 0 spiro atoms. The molecule has 0 saturated carbocycles. The number of epoxide rings is 1. The fourth-order valence-electron chi connectivity index (χ4n) is 2.62. The van der Waals surface area contributed by atoms with E-state index in [9.17, 15) is 0 Å². The molecule has 25 heavy (non-hydrogen) atoms. The highest BCUT2D eigenvalue weighted by Crippen LogP contribution is 2.35. The summed E-state index contributed by atoms with van der Waals surface area (Å²) in [6.07, 6.45) is 3.43. The number of ether oxygens (including phenoxy) is 3. The Morgan fingerprint density at radius 2 is 1.48 bits per heavy atom. The lowest BCUT2D eigenvalue weighted by molar-refractivity contribution is 0.198. The largest absolute Gasteiger partial charge is 0.426 e. The van der Waals surface area contributed by atoms with E-state index >= 15 is 0 Å². The molecule has 0 radical (unpaired) electrons. The molecule has 2 atom stereocenters. The number of para-hydroxylation sites is 2. The average Bonchev–Trinajstić information content (AvgIpc) is 3.39. The van der Waals surface area contributed by atoms with Gasteiger partial charge in [0.2, 0.25) is 0 Å². The van der Waals surface area contributed by atoms with Crippen LogP contribution in [0.3, 0.4) is 0 Å². The number of benzene rings is 2. The summed E-state index contributed by atoms with van der Waals surface area (Å²) in [6.45, 7) is 7.56. The molecule has 3 heteroatoms. The van der Waals surface area contributed by atoms with Crippen LogP contribution >= 0.6 is 0 Å². The molecule has 1 aliphatic rings. The first-order valence-electron chi connectivity index (χ1n) is 8.80. The molecule has 1 heterocycles. The third-order valence-corrected chi connectivity index (χ3v) is 4.29. The van der Waals surface area contributed by atoms with E-state index in [-0.39, 0.29) is 5.41 Å². The summed E-state index contributed by atoms with van der Waals surface area (Å²) < 4.78 is 17.5. The predicted molar refractivity (Wildman–Crippen MR) is 99.5 cm³/mol. The number of allylic oxidation sites excluding steroid dienone is 1. The lowest BCUT2D eigenvalue weighted by Gasteiger charge is -2.28. The van der Waals surface area contributed by atoms with Gasteiger partial charge in [-0.15, -0.1) is 0 Å². The van der Waals surface area contributed by atoms with E-state index in [1.165, 1.54) is 0 Å². The van der Waals surface area contributed by atoms with Gasteiger partial charge < -0.3 is 14.2 Å². The van der Waals surface area contributed by atoms with Crippen molar-refractivity contribution in [3.8, 4) is 11.5 Å². The SMILES string of the molecule is CC(C)(C)C(C=C(Oc1ccccc1)Oc1ccccc1)CC1CO1. The van der Waals surface area contributed by atoms with Crippen molar-refractivity contribution in [2.45, 2.75) is 33.3 Å². The molecule has 3 rings (SSSR count). The molecular weight excluding hydrogens is 312 g/mol. The van der Waals surface area contributed by atoms with Crippen LogP contribution in [0.25, 0.3) is 0 Å². The van der Waals surface area contributed by atoms with Gasteiger partial charge in [0, 0.05) is 6.08 Å². The molecule has 0 aliphatic carbocycles. The second-order valence-corrected chi connectivity index (χ2v) is 7.48. The molecule has 1 saturated heterocycles. The molecule has 2 aromatic carbocycles. The Bertz CT molecular complexity index is 639. The third-order valence-electron chi connectivity index (χ3n) is 4.29. The molecular formula is C22H26O3.